The van der Waals surface area contributed by atoms with E-state index in [2.05, 4.69) is 22.3 Å². The van der Waals surface area contributed by atoms with Crippen molar-refractivity contribution in [1.82, 2.24) is 9.80 Å². The summed E-state index contributed by atoms with van der Waals surface area (Å²) in [4.78, 5) is 17.1. The Morgan fingerprint density at radius 2 is 1.93 bits per heavy atom. The molecule has 1 amide bonds. The van der Waals surface area contributed by atoms with E-state index < -0.39 is 0 Å². The van der Waals surface area contributed by atoms with Gasteiger partial charge in [-0.3, -0.25) is 0 Å². The number of hydrogen-bond donors (Lipinski definition) is 1. The third-order valence-corrected chi connectivity index (χ3v) is 7.86. The monoisotopic (exact) mass is 403 g/mol. The van der Waals surface area contributed by atoms with Crippen LogP contribution in [-0.2, 0) is 10.2 Å². The van der Waals surface area contributed by atoms with Crippen LogP contribution in [0.2, 0.25) is 5.02 Å². The van der Waals surface area contributed by atoms with Crippen molar-refractivity contribution in [1.29, 1.82) is 0 Å². The third kappa shape index (κ3) is 2.98. The lowest BCUT2D eigenvalue weighted by Crippen LogP contribution is -2.55. The molecule has 152 valence electrons. The van der Waals surface area contributed by atoms with Gasteiger partial charge in [-0.2, -0.15) is 0 Å². The Morgan fingerprint density at radius 3 is 2.61 bits per heavy atom. The van der Waals surface area contributed by atoms with Crippen molar-refractivity contribution >= 4 is 23.4 Å². The molecule has 2 bridgehead atoms. The second-order valence-corrected chi connectivity index (χ2v) is 9.41. The van der Waals surface area contributed by atoms with Crippen molar-refractivity contribution in [2.45, 2.75) is 69.0 Å². The third-order valence-electron chi connectivity index (χ3n) is 7.63. The van der Waals surface area contributed by atoms with Crippen LogP contribution in [0.4, 0.5) is 10.5 Å². The first-order chi connectivity index (χ1) is 13.6. The average Bonchev–Trinajstić information content (AvgIpc) is 3.17. The van der Waals surface area contributed by atoms with Gasteiger partial charge in [0, 0.05) is 40.8 Å². The summed E-state index contributed by atoms with van der Waals surface area (Å²) in [6.07, 6.45) is 6.73. The quantitative estimate of drug-likeness (QED) is 0.801. The highest BCUT2D eigenvalue weighted by Gasteiger charge is 2.48. The van der Waals surface area contributed by atoms with Crippen LogP contribution in [0.15, 0.2) is 18.2 Å². The van der Waals surface area contributed by atoms with Crippen molar-refractivity contribution in [3.8, 4) is 0 Å². The molecule has 0 aliphatic carbocycles. The van der Waals surface area contributed by atoms with Crippen molar-refractivity contribution in [3.05, 3.63) is 28.8 Å². The molecule has 6 heteroatoms. The predicted molar refractivity (Wildman–Crippen MR) is 111 cm³/mol. The molecule has 1 N–H and O–H groups in total. The number of anilines is 1. The summed E-state index contributed by atoms with van der Waals surface area (Å²) in [7, 11) is 0. The zero-order chi connectivity index (χ0) is 19.3. The number of carbonyl (C=O) groups is 1. The fraction of sp³-hybridized carbons (Fsp3) is 0.682. The van der Waals surface area contributed by atoms with Crippen molar-refractivity contribution in [3.63, 3.8) is 0 Å². The lowest BCUT2D eigenvalue weighted by atomic mass is 9.74. The summed E-state index contributed by atoms with van der Waals surface area (Å²) in [5.41, 5.74) is 2.91. The molecule has 4 aliphatic heterocycles. The highest BCUT2D eigenvalue weighted by molar-refractivity contribution is 6.30. The molecule has 2 unspecified atom stereocenters. The van der Waals surface area contributed by atoms with Crippen molar-refractivity contribution < 1.29 is 9.53 Å². The van der Waals surface area contributed by atoms with Crippen LogP contribution in [-0.4, -0.2) is 60.3 Å². The number of amides is 1. The van der Waals surface area contributed by atoms with Gasteiger partial charge in [0.05, 0.1) is 6.61 Å². The largest absolute Gasteiger partial charge is 0.450 e. The molecule has 3 fully saturated rings. The van der Waals surface area contributed by atoms with E-state index in [9.17, 15) is 4.79 Å². The number of fused-ring (bicyclic) bond motifs is 4. The number of halogens is 1. The minimum Gasteiger partial charge on any atom is -0.450 e. The van der Waals surface area contributed by atoms with Gasteiger partial charge >= 0.3 is 6.09 Å². The smallest absolute Gasteiger partial charge is 0.410 e. The Labute approximate surface area is 172 Å². The first-order valence-corrected chi connectivity index (χ1v) is 11.2. The second kappa shape index (κ2) is 7.10. The molecule has 1 aromatic carbocycles. The maximum atomic E-state index is 12.3. The van der Waals surface area contributed by atoms with E-state index in [0.717, 1.165) is 50.3 Å². The highest BCUT2D eigenvalue weighted by atomic mass is 35.5. The standard InChI is InChI=1S/C22H30ClN3O2/c1-2-28-21(27)26-16-4-5-17(26)13-18(12-16)25-9-7-22(8-10-25)14-24-20-6-3-15(23)11-19(20)22/h3,6,11,16-18,24H,2,4-5,7-10,12-14H2,1H3. The maximum Gasteiger partial charge on any atom is 0.410 e. The summed E-state index contributed by atoms with van der Waals surface area (Å²) >= 11 is 6.30. The summed E-state index contributed by atoms with van der Waals surface area (Å²) in [6.45, 7) is 5.66. The topological polar surface area (TPSA) is 44.8 Å². The summed E-state index contributed by atoms with van der Waals surface area (Å²) in [5, 5.41) is 4.44. The molecule has 2 atom stereocenters. The minimum absolute atomic E-state index is 0.100. The number of carbonyl (C=O) groups excluding carboxylic acids is 1. The van der Waals surface area contributed by atoms with E-state index in [4.69, 9.17) is 16.3 Å². The zero-order valence-electron chi connectivity index (χ0n) is 16.6. The van der Waals surface area contributed by atoms with Gasteiger partial charge in [0.1, 0.15) is 0 Å². The fourth-order valence-electron chi connectivity index (χ4n) is 6.17. The molecular formula is C22H30ClN3O2. The number of likely N-dealkylation sites (tertiary alicyclic amines) is 1. The van der Waals surface area contributed by atoms with Crippen LogP contribution in [0.3, 0.4) is 0 Å². The maximum absolute atomic E-state index is 12.3. The molecule has 5 nitrogen and oxygen atoms in total. The van der Waals surface area contributed by atoms with Gasteiger partial charge in [-0.25, -0.2) is 4.79 Å². The molecule has 5 rings (SSSR count). The van der Waals surface area contributed by atoms with Crippen LogP contribution >= 0.6 is 11.6 Å². The zero-order valence-corrected chi connectivity index (χ0v) is 17.4. The number of rotatable bonds is 2. The first-order valence-electron chi connectivity index (χ1n) is 10.8. The van der Waals surface area contributed by atoms with E-state index in [1.807, 2.05) is 17.9 Å². The highest BCUT2D eigenvalue weighted by Crippen LogP contribution is 2.46. The summed E-state index contributed by atoms with van der Waals surface area (Å²) < 4.78 is 5.30. The van der Waals surface area contributed by atoms with Crippen molar-refractivity contribution in [2.75, 3.05) is 31.6 Å². The van der Waals surface area contributed by atoms with Gasteiger partial charge in [-0.1, -0.05) is 11.6 Å². The molecule has 0 saturated carbocycles. The Bertz CT molecular complexity index is 748. The second-order valence-electron chi connectivity index (χ2n) is 8.98. The van der Waals surface area contributed by atoms with Crippen molar-refractivity contribution in [2.24, 2.45) is 0 Å². The normalized spacial score (nSPS) is 30.9. The van der Waals surface area contributed by atoms with Gasteiger partial charge in [-0.15, -0.1) is 0 Å². The summed E-state index contributed by atoms with van der Waals surface area (Å²) in [6, 6.07) is 7.62. The number of benzene rings is 1. The fourth-order valence-corrected chi connectivity index (χ4v) is 6.35. The van der Waals surface area contributed by atoms with Gasteiger partial charge in [0.15, 0.2) is 0 Å². The van der Waals surface area contributed by atoms with Crippen LogP contribution in [0.1, 0.15) is 51.0 Å². The number of piperidine rings is 2. The molecule has 1 aromatic rings. The van der Waals surface area contributed by atoms with E-state index in [0.29, 0.717) is 24.7 Å². The molecule has 4 aliphatic rings. The van der Waals surface area contributed by atoms with E-state index >= 15 is 0 Å². The Hall–Kier alpha value is -1.46. The Kier molecular flexibility index (Phi) is 4.71. The number of hydrogen-bond acceptors (Lipinski definition) is 4. The first kappa shape index (κ1) is 18.6. The molecular weight excluding hydrogens is 374 g/mol. The lowest BCUT2D eigenvalue weighted by Gasteiger charge is -2.47. The number of nitrogens with one attached hydrogen (secondary N) is 1. The number of nitrogens with zero attached hydrogens (tertiary/aromatic N) is 2. The van der Waals surface area contributed by atoms with Gasteiger partial charge < -0.3 is 19.9 Å². The Morgan fingerprint density at radius 1 is 1.21 bits per heavy atom. The van der Waals surface area contributed by atoms with Crippen LogP contribution in [0, 0.1) is 0 Å². The van der Waals surface area contributed by atoms with Crippen LogP contribution < -0.4 is 5.32 Å². The molecule has 0 radical (unpaired) electrons. The minimum atomic E-state index is -0.100. The SMILES string of the molecule is CCOC(=O)N1C2CCC1CC(N1CCC3(CC1)CNc1ccc(Cl)cc13)C2. The average molecular weight is 404 g/mol. The molecule has 1 spiro atoms. The van der Waals surface area contributed by atoms with Gasteiger partial charge in [0.25, 0.3) is 0 Å². The van der Waals surface area contributed by atoms with Gasteiger partial charge in [-0.05, 0) is 82.3 Å². The van der Waals surface area contributed by atoms with Gasteiger partial charge in [0.2, 0.25) is 0 Å². The molecule has 0 aromatic heterocycles. The predicted octanol–water partition coefficient (Wildman–Crippen LogP) is 4.25. The molecule has 4 heterocycles. The number of ether oxygens (including phenoxy) is 1. The summed E-state index contributed by atoms with van der Waals surface area (Å²) in [5.74, 6) is 0. The molecule has 3 saturated heterocycles. The Balaban J connectivity index is 1.25. The van der Waals surface area contributed by atoms with Crippen LogP contribution in [0.25, 0.3) is 0 Å². The van der Waals surface area contributed by atoms with E-state index in [-0.39, 0.29) is 11.5 Å². The lowest BCUT2D eigenvalue weighted by molar-refractivity contribution is 0.0285. The molecule has 28 heavy (non-hydrogen) atoms. The van der Waals surface area contributed by atoms with Crippen LogP contribution in [0.5, 0.6) is 0 Å². The van der Waals surface area contributed by atoms with E-state index in [1.165, 1.54) is 24.1 Å². The van der Waals surface area contributed by atoms with E-state index in [1.54, 1.807) is 0 Å².